The summed E-state index contributed by atoms with van der Waals surface area (Å²) in [5, 5.41) is 7.41. The predicted molar refractivity (Wildman–Crippen MR) is 120 cm³/mol. The predicted octanol–water partition coefficient (Wildman–Crippen LogP) is 3.71. The monoisotopic (exact) mass is 465 g/mol. The fourth-order valence-corrected chi connectivity index (χ4v) is 4.01. The van der Waals surface area contributed by atoms with Crippen LogP contribution in [0.4, 0.5) is 11.4 Å². The van der Waals surface area contributed by atoms with Crippen LogP contribution < -0.4 is 15.5 Å². The van der Waals surface area contributed by atoms with Crippen molar-refractivity contribution in [3.8, 4) is 0 Å². The van der Waals surface area contributed by atoms with Gasteiger partial charge >= 0.3 is 0 Å². The lowest BCUT2D eigenvalue weighted by Crippen LogP contribution is -2.38. The second-order valence-corrected chi connectivity index (χ2v) is 8.00. The fourth-order valence-electron chi connectivity index (χ4n) is 3.63. The lowest BCUT2D eigenvalue weighted by Gasteiger charge is -2.19. The van der Waals surface area contributed by atoms with E-state index >= 15 is 0 Å². The normalized spacial score (nSPS) is 16.0. The minimum atomic E-state index is -0.493. The maximum absolute atomic E-state index is 12.6. The van der Waals surface area contributed by atoms with Crippen molar-refractivity contribution in [1.29, 1.82) is 0 Å². The van der Waals surface area contributed by atoms with Crippen molar-refractivity contribution in [2.45, 2.75) is 6.42 Å². The molecule has 0 aliphatic carbocycles. The molecule has 3 aromatic carbocycles. The zero-order chi connectivity index (χ0) is 21.1. The number of fused-ring (bicyclic) bond motifs is 1. The lowest BCUT2D eigenvalue weighted by atomic mass is 10.1. The van der Waals surface area contributed by atoms with Gasteiger partial charge in [-0.3, -0.25) is 14.4 Å². The number of nitrogens with zero attached hydrogens (tertiary/aromatic N) is 1. The van der Waals surface area contributed by atoms with Crippen LogP contribution in [0.3, 0.4) is 0 Å². The molecule has 1 fully saturated rings. The minimum Gasteiger partial charge on any atom is -0.347 e. The number of anilines is 2. The van der Waals surface area contributed by atoms with Crippen LogP contribution in [0.15, 0.2) is 71.2 Å². The summed E-state index contributed by atoms with van der Waals surface area (Å²) in [6.07, 6.45) is 0.126. The highest BCUT2D eigenvalue weighted by molar-refractivity contribution is 9.10. The van der Waals surface area contributed by atoms with Crippen molar-refractivity contribution in [3.63, 3.8) is 0 Å². The Kier molecular flexibility index (Phi) is 5.81. The van der Waals surface area contributed by atoms with Crippen LogP contribution in [-0.4, -0.2) is 30.8 Å². The Hall–Kier alpha value is -3.19. The molecule has 30 heavy (non-hydrogen) atoms. The molecule has 1 aliphatic heterocycles. The number of nitrogens with one attached hydrogen (secondary N) is 2. The quantitative estimate of drug-likeness (QED) is 0.602. The molecule has 1 heterocycles. The molecule has 0 radical (unpaired) electrons. The third-order valence-electron chi connectivity index (χ3n) is 5.12. The number of carbonyl (C=O) groups is 3. The Morgan fingerprint density at radius 3 is 2.57 bits per heavy atom. The fraction of sp³-hybridized carbons (Fsp3) is 0.174. The number of halogens is 1. The summed E-state index contributed by atoms with van der Waals surface area (Å²) in [6, 6.07) is 20.9. The van der Waals surface area contributed by atoms with Crippen molar-refractivity contribution in [2.24, 2.45) is 5.92 Å². The van der Waals surface area contributed by atoms with Crippen molar-refractivity contribution >= 4 is 55.8 Å². The summed E-state index contributed by atoms with van der Waals surface area (Å²) in [5.41, 5.74) is 1.44. The van der Waals surface area contributed by atoms with Gasteiger partial charge in [0.1, 0.15) is 0 Å². The van der Waals surface area contributed by atoms with Gasteiger partial charge in [0.15, 0.2) is 0 Å². The highest BCUT2D eigenvalue weighted by Gasteiger charge is 2.35. The molecule has 7 heteroatoms. The summed E-state index contributed by atoms with van der Waals surface area (Å²) in [6.45, 7) is 0.143. The van der Waals surface area contributed by atoms with Crippen LogP contribution in [0.25, 0.3) is 10.8 Å². The Balaban J connectivity index is 1.38. The summed E-state index contributed by atoms with van der Waals surface area (Å²) >= 11 is 3.37. The van der Waals surface area contributed by atoms with Gasteiger partial charge in [-0.25, -0.2) is 0 Å². The average Bonchev–Trinajstić information content (AvgIpc) is 3.15. The van der Waals surface area contributed by atoms with Crippen LogP contribution in [-0.2, 0) is 14.4 Å². The van der Waals surface area contributed by atoms with E-state index in [-0.39, 0.29) is 30.7 Å². The summed E-state index contributed by atoms with van der Waals surface area (Å²) in [5.74, 6) is -1.21. The molecule has 0 aromatic heterocycles. The molecule has 0 spiro atoms. The van der Waals surface area contributed by atoms with Gasteiger partial charge in [-0.15, -0.1) is 0 Å². The molecule has 1 aliphatic rings. The van der Waals surface area contributed by atoms with E-state index in [1.807, 2.05) is 60.7 Å². The molecule has 1 atom stereocenters. The molecule has 3 aromatic rings. The lowest BCUT2D eigenvalue weighted by molar-refractivity contribution is -0.127. The number of para-hydroxylation sites is 1. The summed E-state index contributed by atoms with van der Waals surface area (Å²) in [7, 11) is 0. The first-order valence-electron chi connectivity index (χ1n) is 9.63. The van der Waals surface area contributed by atoms with Crippen LogP contribution in [0, 0.1) is 5.92 Å². The van der Waals surface area contributed by atoms with E-state index in [1.54, 1.807) is 11.0 Å². The standard InChI is InChI=1S/C23H20BrN3O3/c24-18-9-3-4-10-19(18)26-21(28)13-25-23(30)16-12-22(29)27(14-16)20-11-5-7-15-6-1-2-8-17(15)20/h1-11,16H,12-14H2,(H,25,30)(H,26,28)/t16-/m0/s1. The maximum Gasteiger partial charge on any atom is 0.243 e. The Bertz CT molecular complexity index is 1130. The first-order valence-corrected chi connectivity index (χ1v) is 10.4. The van der Waals surface area contributed by atoms with Crippen LogP contribution in [0.2, 0.25) is 0 Å². The Morgan fingerprint density at radius 1 is 1.00 bits per heavy atom. The zero-order valence-electron chi connectivity index (χ0n) is 16.1. The van der Waals surface area contributed by atoms with Crippen LogP contribution in [0.5, 0.6) is 0 Å². The number of benzene rings is 3. The highest BCUT2D eigenvalue weighted by atomic mass is 79.9. The van der Waals surface area contributed by atoms with E-state index in [9.17, 15) is 14.4 Å². The van der Waals surface area contributed by atoms with E-state index in [0.29, 0.717) is 12.2 Å². The summed E-state index contributed by atoms with van der Waals surface area (Å²) in [4.78, 5) is 39.0. The van der Waals surface area contributed by atoms with Gasteiger partial charge in [0.05, 0.1) is 23.8 Å². The number of amides is 3. The first kappa shape index (κ1) is 20.1. The highest BCUT2D eigenvalue weighted by Crippen LogP contribution is 2.31. The van der Waals surface area contributed by atoms with Crippen molar-refractivity contribution in [2.75, 3.05) is 23.3 Å². The van der Waals surface area contributed by atoms with E-state index in [4.69, 9.17) is 0 Å². The Morgan fingerprint density at radius 2 is 1.73 bits per heavy atom. The van der Waals surface area contributed by atoms with E-state index in [2.05, 4.69) is 26.6 Å². The average molecular weight is 466 g/mol. The molecule has 0 unspecified atom stereocenters. The summed E-state index contributed by atoms with van der Waals surface area (Å²) < 4.78 is 0.761. The third kappa shape index (κ3) is 4.21. The van der Waals surface area contributed by atoms with E-state index in [1.165, 1.54) is 0 Å². The molecule has 6 nitrogen and oxygen atoms in total. The number of hydrogen-bond donors (Lipinski definition) is 2. The van der Waals surface area contributed by atoms with Gasteiger partial charge in [0, 0.05) is 22.8 Å². The minimum absolute atomic E-state index is 0.0934. The SMILES string of the molecule is O=C(CNC(=O)[C@H]1CC(=O)N(c2cccc3ccccc23)C1)Nc1ccccc1Br. The molecular formula is C23H20BrN3O3. The number of carbonyl (C=O) groups excluding carboxylic acids is 3. The smallest absolute Gasteiger partial charge is 0.243 e. The molecule has 3 amide bonds. The molecule has 0 saturated carbocycles. The molecule has 2 N–H and O–H groups in total. The zero-order valence-corrected chi connectivity index (χ0v) is 17.7. The molecular weight excluding hydrogens is 446 g/mol. The maximum atomic E-state index is 12.6. The van der Waals surface area contributed by atoms with Crippen molar-refractivity contribution in [3.05, 3.63) is 71.2 Å². The van der Waals surface area contributed by atoms with Gasteiger partial charge in [-0.05, 0) is 39.5 Å². The van der Waals surface area contributed by atoms with Crippen LogP contribution >= 0.6 is 15.9 Å². The van der Waals surface area contributed by atoms with Gasteiger partial charge < -0.3 is 15.5 Å². The number of hydrogen-bond acceptors (Lipinski definition) is 3. The second-order valence-electron chi connectivity index (χ2n) is 7.15. The van der Waals surface area contributed by atoms with E-state index in [0.717, 1.165) is 20.9 Å². The van der Waals surface area contributed by atoms with Gasteiger partial charge in [-0.1, -0.05) is 48.5 Å². The van der Waals surface area contributed by atoms with Gasteiger partial charge in [-0.2, -0.15) is 0 Å². The Labute approximate surface area is 182 Å². The van der Waals surface area contributed by atoms with Gasteiger partial charge in [0.2, 0.25) is 17.7 Å². The second kappa shape index (κ2) is 8.67. The third-order valence-corrected chi connectivity index (χ3v) is 5.82. The molecule has 4 rings (SSSR count). The largest absolute Gasteiger partial charge is 0.347 e. The number of rotatable bonds is 5. The first-order chi connectivity index (χ1) is 14.5. The van der Waals surface area contributed by atoms with E-state index < -0.39 is 5.92 Å². The van der Waals surface area contributed by atoms with Gasteiger partial charge in [0.25, 0.3) is 0 Å². The van der Waals surface area contributed by atoms with Crippen molar-refractivity contribution < 1.29 is 14.4 Å². The van der Waals surface area contributed by atoms with Crippen LogP contribution in [0.1, 0.15) is 6.42 Å². The topological polar surface area (TPSA) is 78.5 Å². The molecule has 0 bridgehead atoms. The molecule has 1 saturated heterocycles. The van der Waals surface area contributed by atoms with Crippen molar-refractivity contribution in [1.82, 2.24) is 5.32 Å². The molecule has 152 valence electrons.